The van der Waals surface area contributed by atoms with Crippen LogP contribution in [0.2, 0.25) is 0 Å². The first kappa shape index (κ1) is 29.2. The molecule has 0 unspecified atom stereocenters. The summed E-state index contributed by atoms with van der Waals surface area (Å²) in [6.45, 7) is 19.8. The number of carboxylic acids is 1. The summed E-state index contributed by atoms with van der Waals surface area (Å²) in [6.07, 6.45) is 14.9. The Balaban J connectivity index is 1.35. The van der Waals surface area contributed by atoms with Gasteiger partial charge in [-0.15, -0.1) is 6.58 Å². The van der Waals surface area contributed by atoms with Gasteiger partial charge in [-0.25, -0.2) is 4.79 Å². The molecule has 0 aliphatic heterocycles. The number of rotatable bonds is 5. The van der Waals surface area contributed by atoms with E-state index in [1.54, 1.807) is 12.1 Å². The Morgan fingerprint density at radius 1 is 0.902 bits per heavy atom. The van der Waals surface area contributed by atoms with Crippen LogP contribution in [0.1, 0.15) is 122 Å². The lowest BCUT2D eigenvalue weighted by Crippen LogP contribution is -2.65. The third-order valence-corrected chi connectivity index (χ3v) is 14.7. The Kier molecular flexibility index (Phi) is 6.82. The minimum absolute atomic E-state index is 0.0352. The molecule has 5 aliphatic carbocycles. The summed E-state index contributed by atoms with van der Waals surface area (Å²) in [6, 6.07) is 7.58. The molecule has 224 valence electrons. The van der Waals surface area contributed by atoms with Crippen LogP contribution in [0.15, 0.2) is 42.5 Å². The van der Waals surface area contributed by atoms with Gasteiger partial charge in [0.05, 0.1) is 5.56 Å². The molecule has 6 rings (SSSR count). The van der Waals surface area contributed by atoms with Gasteiger partial charge in [0.1, 0.15) is 0 Å². The summed E-state index contributed by atoms with van der Waals surface area (Å²) in [4.78, 5) is 11.5. The predicted octanol–water partition coefficient (Wildman–Crippen LogP) is 9.42. The summed E-state index contributed by atoms with van der Waals surface area (Å²) in [5, 5.41) is 20.2. The molecule has 41 heavy (non-hydrogen) atoms. The highest BCUT2D eigenvalue weighted by atomic mass is 16.4. The van der Waals surface area contributed by atoms with Crippen molar-refractivity contribution in [3.8, 4) is 0 Å². The minimum Gasteiger partial charge on any atom is -0.478 e. The molecule has 1 aromatic rings. The standard InChI is InChI=1S/C38H54O3/c1-24(2)22-27-14-19-38(23-39)21-20-36(6)29(32(27)38)12-13-31-35(5)17-15-28(25-8-10-26(11-9-25)33(40)41)34(3,4)30(35)16-18-37(31,36)7/h8-11,15,27,29-32,39H,1,12-14,16-23H2,2-7H3,(H,40,41)/t27-,29+,30-,31+,32+,35-,36+,37+,38+/m0/s1. The SMILES string of the molecule is C=C(C)C[C@@H]1CC[C@]2(CO)CC[C@]3(C)[C@H](CC[C@@H]4[C@@]5(C)CC=C(c6ccc(C(=O)O)cc6)C(C)(C)[C@@H]5CC[C@]43C)[C@@H]12. The molecule has 0 amide bonds. The van der Waals surface area contributed by atoms with E-state index in [2.05, 4.69) is 54.2 Å². The second-order valence-electron chi connectivity index (χ2n) is 16.6. The van der Waals surface area contributed by atoms with Gasteiger partial charge in [-0.2, -0.15) is 0 Å². The number of hydrogen-bond acceptors (Lipinski definition) is 2. The molecule has 0 heterocycles. The largest absolute Gasteiger partial charge is 0.478 e. The van der Waals surface area contributed by atoms with Crippen molar-refractivity contribution >= 4 is 11.5 Å². The van der Waals surface area contributed by atoms with E-state index in [0.717, 1.165) is 12.8 Å². The fourth-order valence-electron chi connectivity index (χ4n) is 12.7. The molecule has 0 saturated heterocycles. The molecular formula is C38H54O3. The van der Waals surface area contributed by atoms with E-state index < -0.39 is 5.97 Å². The van der Waals surface area contributed by atoms with Crippen molar-refractivity contribution in [2.45, 2.75) is 106 Å². The van der Waals surface area contributed by atoms with Crippen molar-refractivity contribution in [3.63, 3.8) is 0 Å². The van der Waals surface area contributed by atoms with Crippen LogP contribution in [-0.4, -0.2) is 22.8 Å². The van der Waals surface area contributed by atoms with Crippen molar-refractivity contribution in [2.24, 2.45) is 56.7 Å². The van der Waals surface area contributed by atoms with E-state index in [1.807, 2.05) is 12.1 Å². The summed E-state index contributed by atoms with van der Waals surface area (Å²) < 4.78 is 0. The molecule has 5 aliphatic rings. The summed E-state index contributed by atoms with van der Waals surface area (Å²) in [5.74, 6) is 2.46. The Hall–Kier alpha value is -1.87. The molecule has 4 saturated carbocycles. The van der Waals surface area contributed by atoms with Gasteiger partial charge in [-0.1, -0.05) is 58.4 Å². The summed E-state index contributed by atoms with van der Waals surface area (Å²) in [5.41, 5.74) is 5.30. The predicted molar refractivity (Wildman–Crippen MR) is 167 cm³/mol. The highest BCUT2D eigenvalue weighted by Gasteiger charge is 2.70. The Bertz CT molecular complexity index is 1260. The third-order valence-electron chi connectivity index (χ3n) is 14.7. The van der Waals surface area contributed by atoms with Crippen LogP contribution in [0.25, 0.3) is 5.57 Å². The molecule has 4 fully saturated rings. The van der Waals surface area contributed by atoms with Gasteiger partial charge in [0, 0.05) is 6.61 Å². The molecule has 0 radical (unpaired) electrons. The van der Waals surface area contributed by atoms with E-state index >= 15 is 0 Å². The lowest BCUT2D eigenvalue weighted by Gasteiger charge is -2.72. The third kappa shape index (κ3) is 3.96. The van der Waals surface area contributed by atoms with Crippen molar-refractivity contribution < 1.29 is 15.0 Å². The van der Waals surface area contributed by atoms with Crippen molar-refractivity contribution in [1.82, 2.24) is 0 Å². The maximum atomic E-state index is 11.5. The normalized spacial score (nSPS) is 44.6. The lowest BCUT2D eigenvalue weighted by atomic mass is 9.32. The maximum Gasteiger partial charge on any atom is 0.335 e. The molecule has 3 nitrogen and oxygen atoms in total. The van der Waals surface area contributed by atoms with Gasteiger partial charge in [0.2, 0.25) is 0 Å². The van der Waals surface area contributed by atoms with Crippen LogP contribution in [0.5, 0.6) is 0 Å². The molecule has 0 aromatic heterocycles. The average molecular weight is 559 g/mol. The second kappa shape index (κ2) is 9.57. The Morgan fingerprint density at radius 3 is 2.24 bits per heavy atom. The molecule has 3 heteroatoms. The molecule has 2 N–H and O–H groups in total. The lowest BCUT2D eigenvalue weighted by molar-refractivity contribution is -0.229. The number of aliphatic hydroxyl groups excluding tert-OH is 1. The maximum absolute atomic E-state index is 11.5. The van der Waals surface area contributed by atoms with Gasteiger partial charge >= 0.3 is 5.97 Å². The van der Waals surface area contributed by atoms with E-state index in [0.29, 0.717) is 52.6 Å². The molecule has 0 bridgehead atoms. The van der Waals surface area contributed by atoms with E-state index in [9.17, 15) is 15.0 Å². The second-order valence-corrected chi connectivity index (χ2v) is 16.6. The van der Waals surface area contributed by atoms with Crippen LogP contribution in [0, 0.1) is 56.7 Å². The zero-order valence-corrected chi connectivity index (χ0v) is 26.6. The van der Waals surface area contributed by atoms with Crippen molar-refractivity contribution in [1.29, 1.82) is 0 Å². The Labute approximate surface area is 248 Å². The van der Waals surface area contributed by atoms with Gasteiger partial charge in [0.25, 0.3) is 0 Å². The fourth-order valence-corrected chi connectivity index (χ4v) is 12.7. The van der Waals surface area contributed by atoms with Crippen LogP contribution in [0.3, 0.4) is 0 Å². The quantitative estimate of drug-likeness (QED) is 0.354. The van der Waals surface area contributed by atoms with Gasteiger partial charge in [-0.05, 0) is 151 Å². The number of allylic oxidation sites excluding steroid dienone is 3. The van der Waals surface area contributed by atoms with Crippen LogP contribution < -0.4 is 0 Å². The number of hydrogen-bond donors (Lipinski definition) is 2. The monoisotopic (exact) mass is 558 g/mol. The first-order chi connectivity index (χ1) is 19.2. The van der Waals surface area contributed by atoms with Crippen LogP contribution >= 0.6 is 0 Å². The smallest absolute Gasteiger partial charge is 0.335 e. The zero-order valence-electron chi connectivity index (χ0n) is 26.6. The molecule has 1 aromatic carbocycles. The van der Waals surface area contributed by atoms with Crippen molar-refractivity contribution in [2.75, 3.05) is 6.61 Å². The average Bonchev–Trinajstić information content (AvgIpc) is 3.27. The highest BCUT2D eigenvalue weighted by molar-refractivity contribution is 5.88. The minimum atomic E-state index is -0.862. The number of aromatic carboxylic acids is 1. The van der Waals surface area contributed by atoms with Crippen LogP contribution in [0.4, 0.5) is 0 Å². The number of benzene rings is 1. The molecular weight excluding hydrogens is 504 g/mol. The number of carboxylic acid groups (broad SMARTS) is 1. The van der Waals surface area contributed by atoms with E-state index in [1.165, 1.54) is 68.1 Å². The topological polar surface area (TPSA) is 57.5 Å². The molecule has 0 spiro atoms. The number of fused-ring (bicyclic) bond motifs is 7. The first-order valence-corrected chi connectivity index (χ1v) is 16.5. The first-order valence-electron chi connectivity index (χ1n) is 16.5. The molecule has 9 atom stereocenters. The Morgan fingerprint density at radius 2 is 1.61 bits per heavy atom. The number of carbonyl (C=O) groups is 1. The van der Waals surface area contributed by atoms with Gasteiger partial charge in [-0.3, -0.25) is 0 Å². The highest BCUT2D eigenvalue weighted by Crippen LogP contribution is 2.77. The van der Waals surface area contributed by atoms with Gasteiger partial charge in [0.15, 0.2) is 0 Å². The fraction of sp³-hybridized carbons (Fsp3) is 0.711. The van der Waals surface area contributed by atoms with E-state index in [-0.39, 0.29) is 16.2 Å². The zero-order chi connectivity index (χ0) is 29.6. The summed E-state index contributed by atoms with van der Waals surface area (Å²) in [7, 11) is 0. The van der Waals surface area contributed by atoms with E-state index in [4.69, 9.17) is 0 Å². The van der Waals surface area contributed by atoms with Crippen LogP contribution in [-0.2, 0) is 0 Å². The van der Waals surface area contributed by atoms with Gasteiger partial charge < -0.3 is 10.2 Å². The summed E-state index contributed by atoms with van der Waals surface area (Å²) >= 11 is 0. The number of aliphatic hydroxyl groups is 1. The van der Waals surface area contributed by atoms with Crippen molar-refractivity contribution in [3.05, 3.63) is 53.6 Å².